The SMILES string of the molecule is COc1ccccc1C1CC1c1nc(CC(=O)NC2CCCC2)no1. The van der Waals surface area contributed by atoms with Gasteiger partial charge >= 0.3 is 0 Å². The van der Waals surface area contributed by atoms with Gasteiger partial charge in [0.05, 0.1) is 13.5 Å². The summed E-state index contributed by atoms with van der Waals surface area (Å²) >= 11 is 0. The minimum atomic E-state index is -0.0173. The number of nitrogens with one attached hydrogen (secondary N) is 1. The molecule has 25 heavy (non-hydrogen) atoms. The van der Waals surface area contributed by atoms with E-state index in [-0.39, 0.29) is 18.2 Å². The summed E-state index contributed by atoms with van der Waals surface area (Å²) in [5, 5.41) is 7.04. The molecule has 2 aliphatic rings. The first-order valence-electron chi connectivity index (χ1n) is 8.99. The van der Waals surface area contributed by atoms with E-state index in [0.717, 1.165) is 25.0 Å². The number of para-hydroxylation sites is 1. The van der Waals surface area contributed by atoms with Gasteiger partial charge in [0.1, 0.15) is 5.75 Å². The molecule has 1 amide bonds. The van der Waals surface area contributed by atoms with Crippen molar-refractivity contribution in [1.82, 2.24) is 15.5 Å². The number of carbonyl (C=O) groups excluding carboxylic acids is 1. The van der Waals surface area contributed by atoms with E-state index in [9.17, 15) is 4.79 Å². The molecule has 2 unspecified atom stereocenters. The molecular weight excluding hydrogens is 318 g/mol. The Balaban J connectivity index is 1.36. The summed E-state index contributed by atoms with van der Waals surface area (Å²) in [6.45, 7) is 0. The van der Waals surface area contributed by atoms with Crippen molar-refractivity contribution in [1.29, 1.82) is 0 Å². The van der Waals surface area contributed by atoms with Crippen LogP contribution in [0.4, 0.5) is 0 Å². The minimum Gasteiger partial charge on any atom is -0.496 e. The first kappa shape index (κ1) is 16.1. The zero-order valence-corrected chi connectivity index (χ0v) is 14.4. The molecule has 0 aliphatic heterocycles. The number of hydrogen-bond acceptors (Lipinski definition) is 5. The van der Waals surface area contributed by atoms with Gasteiger partial charge in [-0.15, -0.1) is 0 Å². The molecule has 6 heteroatoms. The van der Waals surface area contributed by atoms with E-state index in [1.54, 1.807) is 7.11 Å². The summed E-state index contributed by atoms with van der Waals surface area (Å²) in [6, 6.07) is 8.35. The second-order valence-corrected chi connectivity index (χ2v) is 6.97. The average Bonchev–Trinajstić information content (AvgIpc) is 3.00. The standard InChI is InChI=1S/C19H23N3O3/c1-24-16-9-5-4-8-13(16)14-10-15(14)19-21-17(22-25-19)11-18(23)20-12-6-2-3-7-12/h4-5,8-9,12,14-15H,2-3,6-7,10-11H2,1H3,(H,20,23). The Morgan fingerprint density at radius 2 is 2.08 bits per heavy atom. The lowest BCUT2D eigenvalue weighted by Crippen LogP contribution is -2.33. The Hall–Kier alpha value is -2.37. The third kappa shape index (κ3) is 3.52. The van der Waals surface area contributed by atoms with Crippen molar-refractivity contribution >= 4 is 5.91 Å². The Labute approximate surface area is 147 Å². The van der Waals surface area contributed by atoms with Gasteiger partial charge in [-0.2, -0.15) is 4.98 Å². The molecule has 2 fully saturated rings. The molecule has 6 nitrogen and oxygen atoms in total. The number of hydrogen-bond donors (Lipinski definition) is 1. The molecular formula is C19H23N3O3. The maximum absolute atomic E-state index is 12.1. The van der Waals surface area contributed by atoms with Crippen LogP contribution in [0, 0.1) is 0 Å². The van der Waals surface area contributed by atoms with Crippen molar-refractivity contribution in [2.24, 2.45) is 0 Å². The van der Waals surface area contributed by atoms with Gasteiger partial charge in [0, 0.05) is 12.0 Å². The molecule has 0 saturated heterocycles. The predicted molar refractivity (Wildman–Crippen MR) is 91.5 cm³/mol. The van der Waals surface area contributed by atoms with E-state index in [2.05, 4.69) is 21.5 Å². The van der Waals surface area contributed by atoms with Crippen molar-refractivity contribution in [3.63, 3.8) is 0 Å². The van der Waals surface area contributed by atoms with Crippen LogP contribution in [0.15, 0.2) is 28.8 Å². The van der Waals surface area contributed by atoms with E-state index in [1.165, 1.54) is 18.4 Å². The third-order valence-electron chi connectivity index (χ3n) is 5.17. The van der Waals surface area contributed by atoms with Gasteiger partial charge in [0.25, 0.3) is 0 Å². The highest BCUT2D eigenvalue weighted by atomic mass is 16.5. The van der Waals surface area contributed by atoms with Gasteiger partial charge in [0.2, 0.25) is 11.8 Å². The van der Waals surface area contributed by atoms with E-state index >= 15 is 0 Å². The van der Waals surface area contributed by atoms with Gasteiger partial charge in [-0.25, -0.2) is 0 Å². The Morgan fingerprint density at radius 3 is 2.88 bits per heavy atom. The van der Waals surface area contributed by atoms with Crippen LogP contribution >= 0.6 is 0 Å². The Morgan fingerprint density at radius 1 is 1.28 bits per heavy atom. The zero-order chi connectivity index (χ0) is 17.2. The number of benzene rings is 1. The lowest BCUT2D eigenvalue weighted by atomic mass is 10.1. The fourth-order valence-corrected chi connectivity index (χ4v) is 3.77. The third-order valence-corrected chi connectivity index (χ3v) is 5.17. The number of methoxy groups -OCH3 is 1. The second kappa shape index (κ2) is 6.86. The van der Waals surface area contributed by atoms with Gasteiger partial charge in [-0.3, -0.25) is 4.79 Å². The summed E-state index contributed by atoms with van der Waals surface area (Å²) in [4.78, 5) is 16.5. The Kier molecular flexibility index (Phi) is 4.42. The number of aromatic nitrogens is 2. The van der Waals surface area contributed by atoms with Crippen molar-refractivity contribution in [3.05, 3.63) is 41.5 Å². The van der Waals surface area contributed by atoms with Crippen molar-refractivity contribution in [2.75, 3.05) is 7.11 Å². The summed E-state index contributed by atoms with van der Waals surface area (Å²) in [5.41, 5.74) is 1.17. The number of rotatable bonds is 6. The highest BCUT2D eigenvalue weighted by Gasteiger charge is 2.45. The monoisotopic (exact) mass is 341 g/mol. The van der Waals surface area contributed by atoms with E-state index in [0.29, 0.717) is 23.7 Å². The maximum Gasteiger partial charge on any atom is 0.230 e. The molecule has 0 radical (unpaired) electrons. The molecule has 4 rings (SSSR count). The normalized spacial score (nSPS) is 22.8. The fraction of sp³-hybridized carbons (Fsp3) is 0.526. The molecule has 2 aromatic rings. The number of amides is 1. The van der Waals surface area contributed by atoms with Crippen LogP contribution in [-0.4, -0.2) is 29.2 Å². The topological polar surface area (TPSA) is 77.2 Å². The highest BCUT2D eigenvalue weighted by Crippen LogP contribution is 2.56. The molecule has 2 saturated carbocycles. The smallest absolute Gasteiger partial charge is 0.230 e. The maximum atomic E-state index is 12.1. The van der Waals surface area contributed by atoms with Gasteiger partial charge in [0.15, 0.2) is 5.82 Å². The van der Waals surface area contributed by atoms with E-state index in [4.69, 9.17) is 9.26 Å². The summed E-state index contributed by atoms with van der Waals surface area (Å²) in [7, 11) is 1.68. The number of ether oxygens (including phenoxy) is 1. The molecule has 2 atom stereocenters. The van der Waals surface area contributed by atoms with E-state index in [1.807, 2.05) is 18.2 Å². The molecule has 132 valence electrons. The fourth-order valence-electron chi connectivity index (χ4n) is 3.77. The molecule has 0 bridgehead atoms. The summed E-state index contributed by atoms with van der Waals surface area (Å²) < 4.78 is 10.8. The highest BCUT2D eigenvalue weighted by molar-refractivity contribution is 5.78. The van der Waals surface area contributed by atoms with E-state index < -0.39 is 0 Å². The number of carbonyl (C=O) groups is 1. The molecule has 1 heterocycles. The van der Waals surface area contributed by atoms with Crippen LogP contribution in [0.2, 0.25) is 0 Å². The van der Waals surface area contributed by atoms with Crippen LogP contribution in [-0.2, 0) is 11.2 Å². The van der Waals surface area contributed by atoms with Gasteiger partial charge in [-0.1, -0.05) is 36.2 Å². The first-order valence-corrected chi connectivity index (χ1v) is 8.99. The molecule has 1 N–H and O–H groups in total. The van der Waals surface area contributed by atoms with Crippen LogP contribution < -0.4 is 10.1 Å². The van der Waals surface area contributed by atoms with Crippen LogP contribution in [0.5, 0.6) is 5.75 Å². The average molecular weight is 341 g/mol. The van der Waals surface area contributed by atoms with Crippen LogP contribution in [0.25, 0.3) is 0 Å². The summed E-state index contributed by atoms with van der Waals surface area (Å²) in [6.07, 6.45) is 5.70. The molecule has 1 aromatic carbocycles. The van der Waals surface area contributed by atoms with Crippen LogP contribution in [0.3, 0.4) is 0 Å². The number of nitrogens with zero attached hydrogens (tertiary/aromatic N) is 2. The largest absolute Gasteiger partial charge is 0.496 e. The predicted octanol–water partition coefficient (Wildman–Crippen LogP) is 2.95. The zero-order valence-electron chi connectivity index (χ0n) is 14.4. The lowest BCUT2D eigenvalue weighted by Gasteiger charge is -2.10. The first-order chi connectivity index (χ1) is 12.2. The van der Waals surface area contributed by atoms with Crippen LogP contribution in [0.1, 0.15) is 61.2 Å². The quantitative estimate of drug-likeness (QED) is 0.874. The second-order valence-electron chi connectivity index (χ2n) is 6.97. The summed E-state index contributed by atoms with van der Waals surface area (Å²) in [5.74, 6) is 2.53. The van der Waals surface area contributed by atoms with Crippen molar-refractivity contribution < 1.29 is 14.1 Å². The Bertz CT molecular complexity index is 752. The van der Waals surface area contributed by atoms with Gasteiger partial charge < -0.3 is 14.6 Å². The minimum absolute atomic E-state index is 0.0173. The molecule has 0 spiro atoms. The van der Waals surface area contributed by atoms with Crippen molar-refractivity contribution in [3.8, 4) is 5.75 Å². The van der Waals surface area contributed by atoms with Gasteiger partial charge in [-0.05, 0) is 36.8 Å². The molecule has 1 aromatic heterocycles. The van der Waals surface area contributed by atoms with Crippen molar-refractivity contribution in [2.45, 2.75) is 56.4 Å². The molecule has 2 aliphatic carbocycles. The lowest BCUT2D eigenvalue weighted by molar-refractivity contribution is -0.121.